The van der Waals surface area contributed by atoms with Gasteiger partial charge in [-0.15, -0.1) is 0 Å². The summed E-state index contributed by atoms with van der Waals surface area (Å²) in [6, 6.07) is -0.879. The number of carbonyl (C=O) groups excluding carboxylic acids is 2. The third kappa shape index (κ3) is 11.6. The molecule has 0 spiro atoms. The molecule has 5 atom stereocenters. The van der Waals surface area contributed by atoms with E-state index in [-0.39, 0.29) is 11.5 Å². The molecule has 0 bridgehead atoms. The number of carbonyl (C=O) groups is 2. The molecular weight excluding hydrogens is 392 g/mol. The number of aliphatic hydroxyl groups excluding tert-OH is 3. The maximum Gasteiger partial charge on any atom is 0.252 e. The fourth-order valence-electron chi connectivity index (χ4n) is 2.40. The summed E-state index contributed by atoms with van der Waals surface area (Å²) in [4.78, 5) is 24.5. The van der Waals surface area contributed by atoms with E-state index in [1.807, 2.05) is 34.6 Å². The topological polar surface area (TPSA) is 137 Å². The standard InChI is InChI=1S/C21H40N2O7/c1-13(2)30-12-8-11-22-19(27)14(3)23-20(28)18(29-7)17(26)16(25)15(24)9-10-21(4,5)6/h9-10,13-18,24-26H,8,11-12H2,1-7H3,(H,22,27)(H,23,28)/b10-9+/t14-,15+,16-,17+,18+/m0/s1. The number of hydrogen-bond donors (Lipinski definition) is 5. The molecule has 2 amide bonds. The molecule has 0 aliphatic heterocycles. The first kappa shape index (κ1) is 28.5. The van der Waals surface area contributed by atoms with E-state index in [2.05, 4.69) is 10.6 Å². The lowest BCUT2D eigenvalue weighted by atomic mass is 9.94. The average molecular weight is 433 g/mol. The van der Waals surface area contributed by atoms with Gasteiger partial charge in [-0.2, -0.15) is 0 Å². The molecule has 0 aliphatic rings. The summed E-state index contributed by atoms with van der Waals surface area (Å²) in [5.41, 5.74) is -0.229. The number of aliphatic hydroxyl groups is 3. The zero-order valence-electron chi connectivity index (χ0n) is 19.2. The molecule has 0 rings (SSSR count). The Morgan fingerprint density at radius 1 is 1.03 bits per heavy atom. The van der Waals surface area contributed by atoms with Crippen molar-refractivity contribution in [2.45, 2.75) is 84.5 Å². The van der Waals surface area contributed by atoms with Gasteiger partial charge in [0.15, 0.2) is 6.10 Å². The molecule has 0 fully saturated rings. The van der Waals surface area contributed by atoms with E-state index in [0.29, 0.717) is 19.6 Å². The molecule has 0 saturated carbocycles. The Labute approximate surface area is 179 Å². The van der Waals surface area contributed by atoms with Crippen LogP contribution in [0, 0.1) is 5.41 Å². The molecule has 0 aliphatic carbocycles. The number of rotatable bonds is 13. The van der Waals surface area contributed by atoms with Crippen molar-refractivity contribution in [3.8, 4) is 0 Å². The van der Waals surface area contributed by atoms with Crippen LogP contribution in [0.2, 0.25) is 0 Å². The van der Waals surface area contributed by atoms with Gasteiger partial charge in [0, 0.05) is 20.3 Å². The quantitative estimate of drug-likeness (QED) is 0.206. The normalized spacial score (nSPS) is 17.4. The Kier molecular flexibility index (Phi) is 13.0. The molecule has 0 aromatic heterocycles. The lowest BCUT2D eigenvalue weighted by Crippen LogP contribution is -2.55. The van der Waals surface area contributed by atoms with Crippen LogP contribution >= 0.6 is 0 Å². The third-order valence-corrected chi connectivity index (χ3v) is 4.14. The summed E-state index contributed by atoms with van der Waals surface area (Å²) >= 11 is 0. The molecule has 0 aromatic carbocycles. The maximum absolute atomic E-state index is 12.4. The number of allylic oxidation sites excluding steroid dienone is 1. The first-order valence-corrected chi connectivity index (χ1v) is 10.3. The van der Waals surface area contributed by atoms with Crippen molar-refractivity contribution in [3.63, 3.8) is 0 Å². The zero-order chi connectivity index (χ0) is 23.5. The van der Waals surface area contributed by atoms with E-state index in [4.69, 9.17) is 9.47 Å². The van der Waals surface area contributed by atoms with Crippen LogP contribution < -0.4 is 10.6 Å². The summed E-state index contributed by atoms with van der Waals surface area (Å²) in [6.45, 7) is 12.0. The minimum Gasteiger partial charge on any atom is -0.387 e. The summed E-state index contributed by atoms with van der Waals surface area (Å²) in [7, 11) is 1.19. The van der Waals surface area contributed by atoms with Gasteiger partial charge in [0.2, 0.25) is 5.91 Å². The molecule has 0 heterocycles. The predicted molar refractivity (Wildman–Crippen MR) is 114 cm³/mol. The Bertz CT molecular complexity index is 546. The van der Waals surface area contributed by atoms with Gasteiger partial charge in [-0.05, 0) is 32.6 Å². The molecule has 0 aromatic rings. The van der Waals surface area contributed by atoms with E-state index in [1.165, 1.54) is 20.1 Å². The van der Waals surface area contributed by atoms with Crippen molar-refractivity contribution < 1.29 is 34.4 Å². The van der Waals surface area contributed by atoms with Crippen molar-refractivity contribution in [2.75, 3.05) is 20.3 Å². The highest BCUT2D eigenvalue weighted by molar-refractivity contribution is 5.89. The van der Waals surface area contributed by atoms with E-state index < -0.39 is 42.3 Å². The Morgan fingerprint density at radius 2 is 1.63 bits per heavy atom. The molecule has 0 unspecified atom stereocenters. The fraction of sp³-hybridized carbons (Fsp3) is 0.810. The second kappa shape index (κ2) is 13.7. The van der Waals surface area contributed by atoms with Crippen LogP contribution in [-0.2, 0) is 19.1 Å². The van der Waals surface area contributed by atoms with Gasteiger partial charge >= 0.3 is 0 Å². The van der Waals surface area contributed by atoms with Crippen LogP contribution in [0.15, 0.2) is 12.2 Å². The number of ether oxygens (including phenoxy) is 2. The van der Waals surface area contributed by atoms with Crippen molar-refractivity contribution in [3.05, 3.63) is 12.2 Å². The number of amides is 2. The maximum atomic E-state index is 12.4. The summed E-state index contributed by atoms with van der Waals surface area (Å²) in [5, 5.41) is 35.7. The van der Waals surface area contributed by atoms with Crippen LogP contribution in [-0.4, -0.2) is 84.0 Å². The van der Waals surface area contributed by atoms with Crippen LogP contribution in [0.5, 0.6) is 0 Å². The van der Waals surface area contributed by atoms with E-state index in [0.717, 1.165) is 0 Å². The van der Waals surface area contributed by atoms with Crippen LogP contribution in [0.4, 0.5) is 0 Å². The van der Waals surface area contributed by atoms with Gasteiger partial charge in [0.05, 0.1) is 6.10 Å². The zero-order valence-corrected chi connectivity index (χ0v) is 19.2. The molecule has 5 N–H and O–H groups in total. The van der Waals surface area contributed by atoms with Crippen LogP contribution in [0.3, 0.4) is 0 Å². The molecule has 30 heavy (non-hydrogen) atoms. The number of methoxy groups -OCH3 is 1. The third-order valence-electron chi connectivity index (χ3n) is 4.14. The van der Waals surface area contributed by atoms with Gasteiger partial charge in [0.1, 0.15) is 24.4 Å². The highest BCUT2D eigenvalue weighted by Gasteiger charge is 2.36. The van der Waals surface area contributed by atoms with Crippen LogP contribution in [0.1, 0.15) is 48.0 Å². The van der Waals surface area contributed by atoms with Crippen molar-refractivity contribution in [1.82, 2.24) is 10.6 Å². The number of hydrogen-bond acceptors (Lipinski definition) is 7. The Hall–Kier alpha value is -1.52. The lowest BCUT2D eigenvalue weighted by Gasteiger charge is -2.28. The van der Waals surface area contributed by atoms with Crippen molar-refractivity contribution in [2.24, 2.45) is 5.41 Å². The van der Waals surface area contributed by atoms with E-state index in [9.17, 15) is 24.9 Å². The van der Waals surface area contributed by atoms with E-state index >= 15 is 0 Å². The monoisotopic (exact) mass is 432 g/mol. The summed E-state index contributed by atoms with van der Waals surface area (Å²) < 4.78 is 10.4. The Balaban J connectivity index is 4.69. The lowest BCUT2D eigenvalue weighted by molar-refractivity contribution is -0.150. The van der Waals surface area contributed by atoms with Gasteiger partial charge in [-0.3, -0.25) is 9.59 Å². The highest BCUT2D eigenvalue weighted by atomic mass is 16.5. The van der Waals surface area contributed by atoms with Gasteiger partial charge in [-0.25, -0.2) is 0 Å². The van der Waals surface area contributed by atoms with Crippen LogP contribution in [0.25, 0.3) is 0 Å². The number of nitrogens with one attached hydrogen (secondary N) is 2. The smallest absolute Gasteiger partial charge is 0.252 e. The molecule has 9 nitrogen and oxygen atoms in total. The minimum absolute atomic E-state index is 0.120. The first-order valence-electron chi connectivity index (χ1n) is 10.3. The molecule has 176 valence electrons. The first-order chi connectivity index (χ1) is 13.8. The van der Waals surface area contributed by atoms with Gasteiger partial charge in [-0.1, -0.05) is 32.9 Å². The summed E-state index contributed by atoms with van der Waals surface area (Å²) in [6.07, 6.45) is -2.40. The second-order valence-electron chi connectivity index (χ2n) is 8.65. The summed E-state index contributed by atoms with van der Waals surface area (Å²) in [5.74, 6) is -1.17. The highest BCUT2D eigenvalue weighted by Crippen LogP contribution is 2.17. The average Bonchev–Trinajstić information content (AvgIpc) is 2.64. The van der Waals surface area contributed by atoms with Gasteiger partial charge < -0.3 is 35.4 Å². The molecule has 0 radical (unpaired) electrons. The molecule has 9 heteroatoms. The molecular formula is C21H40N2O7. The minimum atomic E-state index is -1.70. The fourth-order valence-corrected chi connectivity index (χ4v) is 2.40. The predicted octanol–water partition coefficient (Wildman–Crippen LogP) is 0.122. The molecule has 0 saturated heterocycles. The van der Waals surface area contributed by atoms with Crippen molar-refractivity contribution in [1.29, 1.82) is 0 Å². The van der Waals surface area contributed by atoms with E-state index in [1.54, 1.807) is 6.08 Å². The van der Waals surface area contributed by atoms with Gasteiger partial charge in [0.25, 0.3) is 5.91 Å². The Morgan fingerprint density at radius 3 is 2.13 bits per heavy atom. The van der Waals surface area contributed by atoms with Crippen molar-refractivity contribution >= 4 is 11.8 Å². The SMILES string of the molecule is CO[C@@H](C(=O)N[C@@H](C)C(=O)NCCCOC(C)C)[C@H](O)[C@@H](O)[C@H](O)/C=C/C(C)(C)C. The second-order valence-corrected chi connectivity index (χ2v) is 8.65. The largest absolute Gasteiger partial charge is 0.387 e.